The first kappa shape index (κ1) is 11.1. The highest BCUT2D eigenvalue weighted by Crippen LogP contribution is 1.73. The van der Waals surface area contributed by atoms with Crippen molar-refractivity contribution in [2.45, 2.75) is 19.8 Å². The van der Waals surface area contributed by atoms with Crippen LogP contribution in [0, 0.1) is 0 Å². The number of amides is 1. The summed E-state index contributed by atoms with van der Waals surface area (Å²) in [7, 11) is 0. The van der Waals surface area contributed by atoms with Crippen molar-refractivity contribution < 1.29 is 9.59 Å². The van der Waals surface area contributed by atoms with Gasteiger partial charge in [-0.25, -0.2) is 0 Å². The lowest BCUT2D eigenvalue weighted by atomic mass is 10.4. The highest BCUT2D eigenvalue weighted by molar-refractivity contribution is 5.75. The van der Waals surface area contributed by atoms with Crippen LogP contribution < -0.4 is 10.6 Å². The largest absolute Gasteiger partial charge is 0.355 e. The van der Waals surface area contributed by atoms with E-state index in [9.17, 15) is 9.59 Å². The van der Waals surface area contributed by atoms with Gasteiger partial charge in [-0.2, -0.15) is 0 Å². The van der Waals surface area contributed by atoms with Crippen molar-refractivity contribution in [3.8, 4) is 0 Å². The third kappa shape index (κ3) is 7.21. The lowest BCUT2D eigenvalue weighted by Crippen LogP contribution is -2.31. The number of aldehydes is 1. The predicted molar refractivity (Wildman–Crippen MR) is 46.9 cm³/mol. The van der Waals surface area contributed by atoms with Crippen LogP contribution >= 0.6 is 0 Å². The van der Waals surface area contributed by atoms with Gasteiger partial charge in [0.25, 0.3) is 0 Å². The molecule has 0 saturated carbocycles. The summed E-state index contributed by atoms with van der Waals surface area (Å²) in [5, 5.41) is 5.74. The molecule has 0 saturated heterocycles. The van der Waals surface area contributed by atoms with E-state index in [1.54, 1.807) is 0 Å². The summed E-state index contributed by atoms with van der Waals surface area (Å²) in [5.41, 5.74) is 0. The molecular weight excluding hydrogens is 156 g/mol. The third-order valence-electron chi connectivity index (χ3n) is 1.38. The van der Waals surface area contributed by atoms with Gasteiger partial charge in [-0.3, -0.25) is 4.79 Å². The van der Waals surface area contributed by atoms with Crippen molar-refractivity contribution in [2.75, 3.05) is 19.6 Å². The van der Waals surface area contributed by atoms with E-state index >= 15 is 0 Å². The first-order valence-electron chi connectivity index (χ1n) is 4.22. The summed E-state index contributed by atoms with van der Waals surface area (Å²) in [6.07, 6.45) is 1.92. The average molecular weight is 172 g/mol. The van der Waals surface area contributed by atoms with Gasteiger partial charge in [-0.15, -0.1) is 0 Å². The van der Waals surface area contributed by atoms with E-state index in [1.165, 1.54) is 0 Å². The van der Waals surface area contributed by atoms with Gasteiger partial charge in [0.05, 0.1) is 0 Å². The van der Waals surface area contributed by atoms with Gasteiger partial charge < -0.3 is 15.4 Å². The van der Waals surface area contributed by atoms with Crippen LogP contribution in [0.4, 0.5) is 0 Å². The summed E-state index contributed by atoms with van der Waals surface area (Å²) in [6.45, 7) is 3.85. The second-order valence-electron chi connectivity index (χ2n) is 2.41. The van der Waals surface area contributed by atoms with Crippen LogP contribution in [0.3, 0.4) is 0 Å². The lowest BCUT2D eigenvalue weighted by molar-refractivity contribution is -0.120. The minimum atomic E-state index is 0.0622. The van der Waals surface area contributed by atoms with E-state index in [0.29, 0.717) is 25.9 Å². The van der Waals surface area contributed by atoms with Crippen LogP contribution in [0.1, 0.15) is 19.8 Å². The molecule has 0 aromatic heterocycles. The summed E-state index contributed by atoms with van der Waals surface area (Å²) in [4.78, 5) is 20.6. The zero-order valence-corrected chi connectivity index (χ0v) is 7.43. The molecule has 4 nitrogen and oxygen atoms in total. The molecule has 0 aliphatic rings. The topological polar surface area (TPSA) is 58.2 Å². The zero-order valence-electron chi connectivity index (χ0n) is 7.43. The Balaban J connectivity index is 3.00. The fourth-order valence-electron chi connectivity index (χ4n) is 0.701. The molecule has 0 heterocycles. The van der Waals surface area contributed by atoms with Crippen molar-refractivity contribution in [3.63, 3.8) is 0 Å². The molecule has 0 rings (SSSR count). The fourth-order valence-corrected chi connectivity index (χ4v) is 0.701. The van der Waals surface area contributed by atoms with E-state index in [2.05, 4.69) is 10.6 Å². The Kier molecular flexibility index (Phi) is 7.58. The van der Waals surface area contributed by atoms with Crippen molar-refractivity contribution in [2.24, 2.45) is 0 Å². The van der Waals surface area contributed by atoms with Gasteiger partial charge in [0.2, 0.25) is 5.91 Å². The molecule has 70 valence electrons. The van der Waals surface area contributed by atoms with E-state index in [-0.39, 0.29) is 5.91 Å². The summed E-state index contributed by atoms with van der Waals surface area (Å²) >= 11 is 0. The smallest absolute Gasteiger partial charge is 0.219 e. The normalized spacial score (nSPS) is 9.42. The molecule has 0 aliphatic carbocycles. The average Bonchev–Trinajstić information content (AvgIpc) is 2.10. The number of rotatable bonds is 7. The maximum absolute atomic E-state index is 10.7. The Labute approximate surface area is 72.7 Å². The number of hydrogen-bond acceptors (Lipinski definition) is 3. The molecule has 0 bridgehead atoms. The van der Waals surface area contributed by atoms with E-state index in [1.807, 2.05) is 6.92 Å². The van der Waals surface area contributed by atoms with Crippen LogP contribution in [0.2, 0.25) is 0 Å². The second-order valence-corrected chi connectivity index (χ2v) is 2.41. The molecule has 2 N–H and O–H groups in total. The molecule has 0 aromatic rings. The van der Waals surface area contributed by atoms with Gasteiger partial charge >= 0.3 is 0 Å². The molecular formula is C8H16N2O2. The number of carbonyl (C=O) groups excluding carboxylic acids is 2. The van der Waals surface area contributed by atoms with Crippen molar-refractivity contribution >= 4 is 12.2 Å². The zero-order chi connectivity index (χ0) is 9.23. The lowest BCUT2D eigenvalue weighted by Gasteiger charge is -2.03. The summed E-state index contributed by atoms with van der Waals surface area (Å²) < 4.78 is 0. The maximum Gasteiger partial charge on any atom is 0.219 e. The Hall–Kier alpha value is -0.900. The van der Waals surface area contributed by atoms with E-state index in [4.69, 9.17) is 0 Å². The monoisotopic (exact) mass is 172 g/mol. The minimum absolute atomic E-state index is 0.0622. The standard InChI is InChI=1S/C8H16N2O2/c1-2-8(12)10-6-5-9-4-3-7-11/h7,9H,2-6H2,1H3,(H,10,12). The third-order valence-corrected chi connectivity index (χ3v) is 1.38. The fraction of sp³-hybridized carbons (Fsp3) is 0.750. The van der Waals surface area contributed by atoms with Crippen LogP contribution in [-0.4, -0.2) is 31.8 Å². The predicted octanol–water partition coefficient (Wildman–Crippen LogP) is -0.309. The van der Waals surface area contributed by atoms with Crippen molar-refractivity contribution in [3.05, 3.63) is 0 Å². The van der Waals surface area contributed by atoms with Crippen LogP contribution in [0.5, 0.6) is 0 Å². The van der Waals surface area contributed by atoms with Crippen LogP contribution in [0.25, 0.3) is 0 Å². The number of hydrogen-bond donors (Lipinski definition) is 2. The van der Waals surface area contributed by atoms with E-state index < -0.39 is 0 Å². The summed E-state index contributed by atoms with van der Waals surface area (Å²) in [5.74, 6) is 0.0622. The second kappa shape index (κ2) is 8.20. The van der Waals surface area contributed by atoms with Gasteiger partial charge in [-0.05, 0) is 0 Å². The first-order valence-corrected chi connectivity index (χ1v) is 4.22. The van der Waals surface area contributed by atoms with Gasteiger partial charge in [0.1, 0.15) is 6.29 Å². The van der Waals surface area contributed by atoms with Gasteiger partial charge in [0.15, 0.2) is 0 Å². The van der Waals surface area contributed by atoms with Gasteiger partial charge in [-0.1, -0.05) is 6.92 Å². The molecule has 0 fully saturated rings. The van der Waals surface area contributed by atoms with Crippen molar-refractivity contribution in [1.82, 2.24) is 10.6 Å². The first-order chi connectivity index (χ1) is 5.81. The van der Waals surface area contributed by atoms with Crippen LogP contribution in [0.15, 0.2) is 0 Å². The molecule has 1 amide bonds. The Morgan fingerprint density at radius 3 is 2.67 bits per heavy atom. The van der Waals surface area contributed by atoms with Gasteiger partial charge in [0, 0.05) is 32.5 Å². The molecule has 0 aliphatic heterocycles. The molecule has 0 aromatic carbocycles. The molecule has 0 radical (unpaired) electrons. The SMILES string of the molecule is CCC(=O)NCCNCCC=O. The Morgan fingerprint density at radius 1 is 1.33 bits per heavy atom. The van der Waals surface area contributed by atoms with Crippen molar-refractivity contribution in [1.29, 1.82) is 0 Å². The summed E-state index contributed by atoms with van der Waals surface area (Å²) in [6, 6.07) is 0. The van der Waals surface area contributed by atoms with Crippen LogP contribution in [-0.2, 0) is 9.59 Å². The maximum atomic E-state index is 10.7. The van der Waals surface area contributed by atoms with E-state index in [0.717, 1.165) is 12.8 Å². The molecule has 0 spiro atoms. The number of nitrogens with one attached hydrogen (secondary N) is 2. The molecule has 12 heavy (non-hydrogen) atoms. The molecule has 0 unspecified atom stereocenters. The number of carbonyl (C=O) groups is 2. The Bertz CT molecular complexity index is 137. The minimum Gasteiger partial charge on any atom is -0.355 e. The quantitative estimate of drug-likeness (QED) is 0.409. The molecule has 4 heteroatoms. The highest BCUT2D eigenvalue weighted by atomic mass is 16.1. The molecule has 0 atom stereocenters. The Morgan fingerprint density at radius 2 is 2.08 bits per heavy atom. The highest BCUT2D eigenvalue weighted by Gasteiger charge is 1.93.